The predicted molar refractivity (Wildman–Crippen MR) is 131 cm³/mol. The van der Waals surface area contributed by atoms with Crippen molar-refractivity contribution in [3.05, 3.63) is 45.9 Å². The van der Waals surface area contributed by atoms with Gasteiger partial charge >= 0.3 is 0 Å². The molecule has 168 valence electrons. The van der Waals surface area contributed by atoms with Crippen LogP contribution in [0.2, 0.25) is 0 Å². The first-order chi connectivity index (χ1) is 15.1. The maximum absolute atomic E-state index is 4.61. The monoisotopic (exact) mass is 440 g/mol. The number of hydrogen-bond donors (Lipinski definition) is 2. The summed E-state index contributed by atoms with van der Waals surface area (Å²) in [6.45, 7) is 10.6. The zero-order chi connectivity index (χ0) is 21.6. The number of benzene rings is 1. The molecule has 6 nitrogen and oxygen atoms in total. The van der Waals surface area contributed by atoms with Crippen molar-refractivity contribution < 1.29 is 0 Å². The molecule has 0 bridgehead atoms. The summed E-state index contributed by atoms with van der Waals surface area (Å²) in [7, 11) is 1.88. The molecule has 4 rings (SSSR count). The molecule has 2 N–H and O–H groups in total. The Morgan fingerprint density at radius 1 is 1.13 bits per heavy atom. The number of anilines is 1. The van der Waals surface area contributed by atoms with E-state index in [0.717, 1.165) is 56.7 Å². The highest BCUT2D eigenvalue weighted by atomic mass is 32.1. The average Bonchev–Trinajstić information content (AvgIpc) is 3.41. The van der Waals surface area contributed by atoms with Crippen molar-refractivity contribution >= 4 is 23.0 Å². The van der Waals surface area contributed by atoms with E-state index >= 15 is 0 Å². The molecule has 2 fully saturated rings. The fraction of sp³-hybridized carbons (Fsp3) is 0.583. The van der Waals surface area contributed by atoms with Crippen LogP contribution in [0.15, 0.2) is 34.6 Å². The predicted octanol–water partition coefficient (Wildman–Crippen LogP) is 3.42. The lowest BCUT2D eigenvalue weighted by Gasteiger charge is -2.32. The quantitative estimate of drug-likeness (QED) is 0.533. The number of piperidine rings is 1. The Kier molecular flexibility index (Phi) is 7.45. The number of aryl methyl sites for hydroxylation is 2. The first kappa shape index (κ1) is 22.1. The molecule has 1 atom stereocenters. The first-order valence-corrected chi connectivity index (χ1v) is 12.4. The number of nitrogens with zero attached hydrogens (tertiary/aromatic N) is 4. The third kappa shape index (κ3) is 6.20. The van der Waals surface area contributed by atoms with Gasteiger partial charge in [-0.15, -0.1) is 11.3 Å². The number of hydrogen-bond acceptors (Lipinski definition) is 5. The standard InChI is InChI=1S/C24H36N6S/c1-18-4-6-23(7-5-18)30-13-10-21(16-30)28-24(25-3)26-14-20-8-11-29(12-9-20)15-22-17-31-19(2)27-22/h4-7,17,20-21H,8-16H2,1-3H3,(H2,25,26,28). The topological polar surface area (TPSA) is 55.8 Å². The fourth-order valence-electron chi connectivity index (χ4n) is 4.56. The Morgan fingerprint density at radius 2 is 1.90 bits per heavy atom. The van der Waals surface area contributed by atoms with E-state index in [1.807, 2.05) is 7.05 Å². The van der Waals surface area contributed by atoms with Crippen molar-refractivity contribution in [2.24, 2.45) is 10.9 Å². The molecule has 0 radical (unpaired) electrons. The SMILES string of the molecule is CN=C(NCC1CCN(Cc2csc(C)n2)CC1)NC1CCN(c2ccc(C)cc2)C1. The molecular weight excluding hydrogens is 404 g/mol. The average molecular weight is 441 g/mol. The van der Waals surface area contributed by atoms with E-state index in [9.17, 15) is 0 Å². The van der Waals surface area contributed by atoms with Gasteiger partial charge in [-0.2, -0.15) is 0 Å². The normalized spacial score (nSPS) is 20.9. The van der Waals surface area contributed by atoms with E-state index in [4.69, 9.17) is 0 Å². The van der Waals surface area contributed by atoms with Crippen LogP contribution in [0, 0.1) is 19.8 Å². The van der Waals surface area contributed by atoms with Gasteiger partial charge in [0.1, 0.15) is 0 Å². The Bertz CT molecular complexity index is 853. The lowest BCUT2D eigenvalue weighted by atomic mass is 9.97. The van der Waals surface area contributed by atoms with Gasteiger partial charge in [0.15, 0.2) is 5.96 Å². The van der Waals surface area contributed by atoms with E-state index < -0.39 is 0 Å². The van der Waals surface area contributed by atoms with Gasteiger partial charge < -0.3 is 15.5 Å². The molecule has 0 spiro atoms. The molecule has 2 aliphatic heterocycles. The molecule has 2 saturated heterocycles. The molecule has 0 aliphatic carbocycles. The van der Waals surface area contributed by atoms with Gasteiger partial charge in [0.05, 0.1) is 10.7 Å². The molecular formula is C24H36N6S. The molecule has 31 heavy (non-hydrogen) atoms. The summed E-state index contributed by atoms with van der Waals surface area (Å²) < 4.78 is 0. The third-order valence-corrected chi connectivity index (χ3v) is 7.29. The second kappa shape index (κ2) is 10.5. The first-order valence-electron chi connectivity index (χ1n) is 11.5. The summed E-state index contributed by atoms with van der Waals surface area (Å²) >= 11 is 1.75. The van der Waals surface area contributed by atoms with Gasteiger partial charge in [-0.1, -0.05) is 17.7 Å². The largest absolute Gasteiger partial charge is 0.369 e. The molecule has 3 heterocycles. The van der Waals surface area contributed by atoms with Crippen molar-refractivity contribution in [3.8, 4) is 0 Å². The van der Waals surface area contributed by atoms with Crippen LogP contribution in [-0.2, 0) is 6.54 Å². The lowest BCUT2D eigenvalue weighted by Crippen LogP contribution is -2.47. The van der Waals surface area contributed by atoms with Crippen molar-refractivity contribution in [1.82, 2.24) is 20.5 Å². The van der Waals surface area contributed by atoms with E-state index in [1.54, 1.807) is 11.3 Å². The number of thiazole rings is 1. The third-order valence-electron chi connectivity index (χ3n) is 6.47. The smallest absolute Gasteiger partial charge is 0.191 e. The molecule has 1 aromatic carbocycles. The van der Waals surface area contributed by atoms with Crippen LogP contribution in [-0.4, -0.2) is 61.7 Å². The number of aromatic nitrogens is 1. The summed E-state index contributed by atoms with van der Waals surface area (Å²) in [5.74, 6) is 1.65. The van der Waals surface area contributed by atoms with Crippen molar-refractivity contribution in [1.29, 1.82) is 0 Å². The van der Waals surface area contributed by atoms with Gasteiger partial charge in [-0.05, 0) is 64.3 Å². The number of guanidine groups is 1. The summed E-state index contributed by atoms with van der Waals surface area (Å²) in [6.07, 6.45) is 3.61. The van der Waals surface area contributed by atoms with Gasteiger partial charge in [-0.3, -0.25) is 9.89 Å². The van der Waals surface area contributed by atoms with E-state index in [1.165, 1.54) is 29.8 Å². The summed E-state index contributed by atoms with van der Waals surface area (Å²) in [5.41, 5.74) is 3.85. The van der Waals surface area contributed by atoms with Crippen LogP contribution < -0.4 is 15.5 Å². The molecule has 0 saturated carbocycles. The van der Waals surface area contributed by atoms with Crippen LogP contribution in [0.25, 0.3) is 0 Å². The minimum Gasteiger partial charge on any atom is -0.369 e. The molecule has 1 aromatic heterocycles. The second-order valence-electron chi connectivity index (χ2n) is 8.94. The summed E-state index contributed by atoms with van der Waals surface area (Å²) in [6, 6.07) is 9.29. The van der Waals surface area contributed by atoms with Gasteiger partial charge in [-0.25, -0.2) is 4.98 Å². The fourth-order valence-corrected chi connectivity index (χ4v) is 5.16. The van der Waals surface area contributed by atoms with Crippen molar-refractivity contribution in [2.75, 3.05) is 44.7 Å². The van der Waals surface area contributed by atoms with Crippen LogP contribution in [0.5, 0.6) is 0 Å². The summed E-state index contributed by atoms with van der Waals surface area (Å²) in [5, 5.41) is 10.6. The zero-order valence-electron chi connectivity index (χ0n) is 19.1. The number of likely N-dealkylation sites (tertiary alicyclic amines) is 1. The van der Waals surface area contributed by atoms with E-state index in [2.05, 4.69) is 73.9 Å². The minimum atomic E-state index is 0.441. The minimum absolute atomic E-state index is 0.441. The number of rotatable bonds is 6. The summed E-state index contributed by atoms with van der Waals surface area (Å²) in [4.78, 5) is 14.1. The Hall–Kier alpha value is -2.12. The van der Waals surface area contributed by atoms with Crippen LogP contribution >= 0.6 is 11.3 Å². The highest BCUT2D eigenvalue weighted by Gasteiger charge is 2.24. The number of nitrogens with one attached hydrogen (secondary N) is 2. The van der Waals surface area contributed by atoms with E-state index in [0.29, 0.717) is 12.0 Å². The van der Waals surface area contributed by atoms with Crippen LogP contribution in [0.4, 0.5) is 5.69 Å². The van der Waals surface area contributed by atoms with Gasteiger partial charge in [0, 0.05) is 50.3 Å². The lowest BCUT2D eigenvalue weighted by molar-refractivity contribution is 0.176. The maximum Gasteiger partial charge on any atom is 0.191 e. The molecule has 2 aliphatic rings. The molecule has 2 aromatic rings. The number of aliphatic imine (C=N–C) groups is 1. The van der Waals surface area contributed by atoms with E-state index in [-0.39, 0.29) is 0 Å². The van der Waals surface area contributed by atoms with Crippen LogP contribution in [0.1, 0.15) is 35.5 Å². The highest BCUT2D eigenvalue weighted by Crippen LogP contribution is 2.21. The van der Waals surface area contributed by atoms with Crippen LogP contribution in [0.3, 0.4) is 0 Å². The molecule has 7 heteroatoms. The van der Waals surface area contributed by atoms with Crippen molar-refractivity contribution in [2.45, 2.75) is 45.7 Å². The van der Waals surface area contributed by atoms with Gasteiger partial charge in [0.25, 0.3) is 0 Å². The zero-order valence-corrected chi connectivity index (χ0v) is 19.9. The maximum atomic E-state index is 4.61. The Morgan fingerprint density at radius 3 is 2.58 bits per heavy atom. The molecule has 1 unspecified atom stereocenters. The van der Waals surface area contributed by atoms with Crippen molar-refractivity contribution in [3.63, 3.8) is 0 Å². The van der Waals surface area contributed by atoms with Gasteiger partial charge in [0.2, 0.25) is 0 Å². The Labute approximate surface area is 190 Å². The Balaban J connectivity index is 1.17. The second-order valence-corrected chi connectivity index (χ2v) is 10.0. The highest BCUT2D eigenvalue weighted by molar-refractivity contribution is 7.09. The molecule has 0 amide bonds.